The molecule has 0 atom stereocenters. The van der Waals surface area contributed by atoms with Gasteiger partial charge < -0.3 is 10.1 Å². The Morgan fingerprint density at radius 3 is 2.37 bits per heavy atom. The molecule has 0 aliphatic carbocycles. The van der Waals surface area contributed by atoms with Gasteiger partial charge in [-0.1, -0.05) is 13.8 Å². The lowest BCUT2D eigenvalue weighted by atomic mass is 10.1. The molecule has 27 heavy (non-hydrogen) atoms. The lowest BCUT2D eigenvalue weighted by Crippen LogP contribution is -2.14. The molecule has 2 rings (SSSR count). The molecule has 2 aromatic rings. The van der Waals surface area contributed by atoms with E-state index in [4.69, 9.17) is 4.74 Å². The Labute approximate surface area is 158 Å². The lowest BCUT2D eigenvalue weighted by molar-refractivity contribution is -0.384. The SMILES string of the molecule is COc1ccc(NS(=O)(=O)c2ccc(NCCC(C)C)c([N+](=O)[O-])c2)cc1. The molecule has 0 aliphatic rings. The van der Waals surface area contributed by atoms with Crippen molar-refractivity contribution in [2.75, 3.05) is 23.7 Å². The number of nitro benzene ring substituents is 1. The third-order valence-corrected chi connectivity index (χ3v) is 5.23. The molecular formula is C18H23N3O5S. The summed E-state index contributed by atoms with van der Waals surface area (Å²) in [5.41, 5.74) is 0.345. The van der Waals surface area contributed by atoms with E-state index >= 15 is 0 Å². The van der Waals surface area contributed by atoms with Crippen LogP contribution < -0.4 is 14.8 Å². The molecule has 0 spiro atoms. The first kappa shape index (κ1) is 20.5. The van der Waals surface area contributed by atoms with Crippen molar-refractivity contribution in [1.29, 1.82) is 0 Å². The van der Waals surface area contributed by atoms with E-state index in [2.05, 4.69) is 23.9 Å². The van der Waals surface area contributed by atoms with Crippen LogP contribution in [0.15, 0.2) is 47.4 Å². The second-order valence-corrected chi connectivity index (χ2v) is 8.06. The number of rotatable bonds is 9. The standard InChI is InChI=1S/C18H23N3O5S/c1-13(2)10-11-19-17-9-8-16(12-18(17)21(22)23)27(24,25)20-14-4-6-15(26-3)7-5-14/h4-9,12-13,19-20H,10-11H2,1-3H3. The number of hydrogen-bond acceptors (Lipinski definition) is 6. The van der Waals surface area contributed by atoms with Gasteiger partial charge in [-0.05, 0) is 48.7 Å². The van der Waals surface area contributed by atoms with E-state index in [0.29, 0.717) is 29.6 Å². The maximum Gasteiger partial charge on any atom is 0.293 e. The van der Waals surface area contributed by atoms with E-state index in [1.165, 1.54) is 19.2 Å². The molecule has 0 fully saturated rings. The monoisotopic (exact) mass is 393 g/mol. The van der Waals surface area contributed by atoms with E-state index in [1.807, 2.05) is 0 Å². The van der Waals surface area contributed by atoms with Crippen molar-refractivity contribution in [1.82, 2.24) is 0 Å². The molecule has 0 heterocycles. The molecule has 0 saturated carbocycles. The number of nitro groups is 1. The van der Waals surface area contributed by atoms with Gasteiger partial charge in [0.15, 0.2) is 0 Å². The van der Waals surface area contributed by atoms with Crippen LogP contribution in [0.3, 0.4) is 0 Å². The fourth-order valence-corrected chi connectivity index (χ4v) is 3.43. The molecule has 2 aromatic carbocycles. The van der Waals surface area contributed by atoms with Gasteiger partial charge >= 0.3 is 0 Å². The maximum atomic E-state index is 12.6. The summed E-state index contributed by atoms with van der Waals surface area (Å²) in [6.07, 6.45) is 0.843. The van der Waals surface area contributed by atoms with E-state index in [9.17, 15) is 18.5 Å². The maximum absolute atomic E-state index is 12.6. The number of hydrogen-bond donors (Lipinski definition) is 2. The predicted molar refractivity (Wildman–Crippen MR) is 105 cm³/mol. The van der Waals surface area contributed by atoms with E-state index in [-0.39, 0.29) is 10.6 Å². The second kappa shape index (κ2) is 8.72. The number of benzene rings is 2. The topological polar surface area (TPSA) is 111 Å². The highest BCUT2D eigenvalue weighted by atomic mass is 32.2. The first-order valence-corrected chi connectivity index (χ1v) is 9.90. The summed E-state index contributed by atoms with van der Waals surface area (Å²) in [7, 11) is -2.45. The number of nitrogens with zero attached hydrogens (tertiary/aromatic N) is 1. The largest absolute Gasteiger partial charge is 0.497 e. The van der Waals surface area contributed by atoms with Crippen LogP contribution in [-0.4, -0.2) is 27.0 Å². The predicted octanol–water partition coefficient (Wildman–Crippen LogP) is 3.86. The highest BCUT2D eigenvalue weighted by Crippen LogP contribution is 2.29. The van der Waals surface area contributed by atoms with Crippen LogP contribution in [0.2, 0.25) is 0 Å². The Balaban J connectivity index is 2.25. The quantitative estimate of drug-likeness (QED) is 0.494. The molecule has 0 aliphatic heterocycles. The highest BCUT2D eigenvalue weighted by Gasteiger charge is 2.21. The number of ether oxygens (including phenoxy) is 1. The second-order valence-electron chi connectivity index (χ2n) is 6.38. The molecule has 0 aromatic heterocycles. The van der Waals surface area contributed by atoms with Crippen molar-refractivity contribution in [3.8, 4) is 5.75 Å². The van der Waals surface area contributed by atoms with Gasteiger partial charge in [0.2, 0.25) is 0 Å². The summed E-state index contributed by atoms with van der Waals surface area (Å²) in [6.45, 7) is 4.67. The van der Waals surface area contributed by atoms with Gasteiger partial charge in [-0.3, -0.25) is 14.8 Å². The van der Waals surface area contributed by atoms with E-state index in [0.717, 1.165) is 12.5 Å². The molecule has 146 valence electrons. The summed E-state index contributed by atoms with van der Waals surface area (Å²) in [5.74, 6) is 1.04. The minimum Gasteiger partial charge on any atom is -0.497 e. The minimum atomic E-state index is -3.96. The first-order valence-electron chi connectivity index (χ1n) is 8.42. The zero-order valence-electron chi connectivity index (χ0n) is 15.4. The van der Waals surface area contributed by atoms with Crippen LogP contribution in [-0.2, 0) is 10.0 Å². The third kappa shape index (κ3) is 5.58. The summed E-state index contributed by atoms with van der Waals surface area (Å²) in [5, 5.41) is 14.4. The van der Waals surface area contributed by atoms with Gasteiger partial charge in [0, 0.05) is 18.3 Å². The first-order chi connectivity index (χ1) is 12.7. The van der Waals surface area contributed by atoms with Crippen molar-refractivity contribution in [3.63, 3.8) is 0 Å². The molecule has 0 radical (unpaired) electrons. The number of methoxy groups -OCH3 is 1. The Kier molecular flexibility index (Phi) is 6.62. The van der Waals surface area contributed by atoms with Crippen molar-refractivity contribution >= 4 is 27.1 Å². The van der Waals surface area contributed by atoms with Gasteiger partial charge in [0.25, 0.3) is 15.7 Å². The van der Waals surface area contributed by atoms with Crippen LogP contribution in [0, 0.1) is 16.0 Å². The van der Waals surface area contributed by atoms with Crippen LogP contribution in [0.1, 0.15) is 20.3 Å². The fourth-order valence-electron chi connectivity index (χ4n) is 2.35. The fraction of sp³-hybridized carbons (Fsp3) is 0.333. The average Bonchev–Trinajstić information content (AvgIpc) is 2.61. The van der Waals surface area contributed by atoms with Gasteiger partial charge in [-0.2, -0.15) is 0 Å². The zero-order valence-corrected chi connectivity index (χ0v) is 16.2. The van der Waals surface area contributed by atoms with Crippen molar-refractivity contribution in [2.45, 2.75) is 25.2 Å². The Hall–Kier alpha value is -2.81. The Bertz CT molecular complexity index is 896. The smallest absolute Gasteiger partial charge is 0.293 e. The summed E-state index contributed by atoms with van der Waals surface area (Å²) < 4.78 is 32.6. The third-order valence-electron chi connectivity index (χ3n) is 3.86. The molecule has 8 nitrogen and oxygen atoms in total. The summed E-state index contributed by atoms with van der Waals surface area (Å²) >= 11 is 0. The highest BCUT2D eigenvalue weighted by molar-refractivity contribution is 7.92. The van der Waals surface area contributed by atoms with Crippen molar-refractivity contribution < 1.29 is 18.1 Å². The summed E-state index contributed by atoms with van der Waals surface area (Å²) in [6, 6.07) is 10.1. The van der Waals surface area contributed by atoms with Crippen LogP contribution in [0.4, 0.5) is 17.1 Å². The van der Waals surface area contributed by atoms with Gasteiger partial charge in [-0.25, -0.2) is 8.42 Å². The molecule has 0 bridgehead atoms. The Morgan fingerprint density at radius 2 is 1.81 bits per heavy atom. The number of sulfonamides is 1. The molecule has 9 heteroatoms. The lowest BCUT2D eigenvalue weighted by Gasteiger charge is -2.12. The van der Waals surface area contributed by atoms with Crippen molar-refractivity contribution in [2.24, 2.45) is 5.92 Å². The molecule has 0 saturated heterocycles. The number of nitrogens with one attached hydrogen (secondary N) is 2. The van der Waals surface area contributed by atoms with Crippen molar-refractivity contribution in [3.05, 3.63) is 52.6 Å². The van der Waals surface area contributed by atoms with Gasteiger partial charge in [0.05, 0.1) is 16.9 Å². The van der Waals surface area contributed by atoms with E-state index < -0.39 is 14.9 Å². The molecular weight excluding hydrogens is 370 g/mol. The molecule has 0 amide bonds. The molecule has 2 N–H and O–H groups in total. The number of anilines is 2. The van der Waals surface area contributed by atoms with E-state index in [1.54, 1.807) is 24.3 Å². The average molecular weight is 393 g/mol. The van der Waals surface area contributed by atoms with Crippen LogP contribution >= 0.6 is 0 Å². The van der Waals surface area contributed by atoms with Gasteiger partial charge in [-0.15, -0.1) is 0 Å². The minimum absolute atomic E-state index is 0.181. The molecule has 0 unspecified atom stereocenters. The van der Waals surface area contributed by atoms with Crippen LogP contribution in [0.5, 0.6) is 5.75 Å². The van der Waals surface area contributed by atoms with Crippen LogP contribution in [0.25, 0.3) is 0 Å². The zero-order chi connectivity index (χ0) is 20.0. The summed E-state index contributed by atoms with van der Waals surface area (Å²) in [4.78, 5) is 10.6. The Morgan fingerprint density at radius 1 is 1.15 bits per heavy atom. The normalized spacial score (nSPS) is 11.3. The van der Waals surface area contributed by atoms with Gasteiger partial charge in [0.1, 0.15) is 11.4 Å².